The first-order valence-electron chi connectivity index (χ1n) is 9.02. The van der Waals surface area contributed by atoms with Crippen LogP contribution in [-0.2, 0) is 6.18 Å². The van der Waals surface area contributed by atoms with Gasteiger partial charge in [0.05, 0.1) is 19.3 Å². The molecular formula is C20H18F4N4O3. The van der Waals surface area contributed by atoms with E-state index in [1.165, 1.54) is 14.2 Å². The minimum absolute atomic E-state index is 0.00552. The summed E-state index contributed by atoms with van der Waals surface area (Å²) in [5.74, 6) is -0.437. The van der Waals surface area contributed by atoms with Crippen LogP contribution in [0.4, 0.5) is 17.6 Å². The molecule has 0 saturated carbocycles. The van der Waals surface area contributed by atoms with E-state index in [0.29, 0.717) is 16.2 Å². The van der Waals surface area contributed by atoms with Crippen molar-refractivity contribution in [3.63, 3.8) is 0 Å². The topological polar surface area (TPSA) is 69.5 Å². The number of rotatable bonds is 7. The largest absolute Gasteiger partial charge is 0.497 e. The van der Waals surface area contributed by atoms with E-state index in [1.807, 2.05) is 0 Å². The Morgan fingerprint density at radius 2 is 1.68 bits per heavy atom. The molecule has 0 spiro atoms. The lowest BCUT2D eigenvalue weighted by molar-refractivity contribution is -0.143. The number of carbonyl (C=O) groups is 1. The molecular weight excluding hydrogens is 420 g/mol. The summed E-state index contributed by atoms with van der Waals surface area (Å²) >= 11 is 0. The number of nitrogens with zero attached hydrogens (tertiary/aromatic N) is 4. The minimum Gasteiger partial charge on any atom is -0.497 e. The number of benzene rings is 2. The summed E-state index contributed by atoms with van der Waals surface area (Å²) in [5, 5.41) is 6.90. The second kappa shape index (κ2) is 9.02. The van der Waals surface area contributed by atoms with E-state index in [0.717, 1.165) is 29.2 Å². The van der Waals surface area contributed by atoms with Crippen LogP contribution in [-0.4, -0.2) is 53.1 Å². The number of ether oxygens (including phenoxy) is 2. The highest BCUT2D eigenvalue weighted by Gasteiger charge is 2.42. The number of hydrogen-bond donors (Lipinski definition) is 0. The van der Waals surface area contributed by atoms with Crippen LogP contribution >= 0.6 is 0 Å². The Kier molecular flexibility index (Phi) is 6.42. The van der Waals surface area contributed by atoms with E-state index in [9.17, 15) is 22.4 Å². The maximum absolute atomic E-state index is 13.7. The maximum atomic E-state index is 13.7. The van der Waals surface area contributed by atoms with Crippen molar-refractivity contribution in [1.82, 2.24) is 19.9 Å². The van der Waals surface area contributed by atoms with Crippen LogP contribution in [0.15, 0.2) is 48.5 Å². The third kappa shape index (κ3) is 5.11. The summed E-state index contributed by atoms with van der Waals surface area (Å²) in [7, 11) is 2.86. The van der Waals surface area contributed by atoms with Gasteiger partial charge in [0, 0.05) is 7.05 Å². The van der Waals surface area contributed by atoms with Crippen molar-refractivity contribution in [2.45, 2.75) is 6.18 Å². The molecule has 1 aromatic heterocycles. The second-order valence-corrected chi connectivity index (χ2v) is 6.42. The van der Waals surface area contributed by atoms with Crippen LogP contribution in [0.5, 0.6) is 11.5 Å². The van der Waals surface area contributed by atoms with Crippen LogP contribution in [0.25, 0.3) is 5.69 Å². The molecule has 31 heavy (non-hydrogen) atoms. The smallest absolute Gasteiger partial charge is 0.435 e. The van der Waals surface area contributed by atoms with Gasteiger partial charge in [0.1, 0.15) is 23.9 Å². The molecule has 7 nitrogen and oxygen atoms in total. The molecule has 11 heteroatoms. The van der Waals surface area contributed by atoms with Crippen LogP contribution in [0.3, 0.4) is 0 Å². The van der Waals surface area contributed by atoms with Crippen molar-refractivity contribution < 1.29 is 31.8 Å². The fourth-order valence-corrected chi connectivity index (χ4v) is 2.70. The zero-order valence-electron chi connectivity index (χ0n) is 16.6. The number of hydrogen-bond acceptors (Lipinski definition) is 5. The monoisotopic (exact) mass is 438 g/mol. The molecule has 0 saturated heterocycles. The summed E-state index contributed by atoms with van der Waals surface area (Å²) in [5.41, 5.74) is -2.28. The SMILES string of the molecule is COc1ccc(OCCN(C)C(=O)c2nnn(-c3ccc(F)cc3)c2C(F)(F)F)cc1. The summed E-state index contributed by atoms with van der Waals surface area (Å²) < 4.78 is 65.2. The fourth-order valence-electron chi connectivity index (χ4n) is 2.70. The van der Waals surface area contributed by atoms with Crippen LogP contribution in [0.2, 0.25) is 0 Å². The fraction of sp³-hybridized carbons (Fsp3) is 0.250. The molecule has 0 bridgehead atoms. The van der Waals surface area contributed by atoms with Crippen molar-refractivity contribution >= 4 is 5.91 Å². The molecule has 0 fully saturated rings. The first-order valence-corrected chi connectivity index (χ1v) is 9.02. The van der Waals surface area contributed by atoms with Gasteiger partial charge in [-0.2, -0.15) is 13.2 Å². The Labute approximate surface area is 174 Å². The molecule has 0 aliphatic rings. The molecule has 3 rings (SSSR count). The zero-order valence-corrected chi connectivity index (χ0v) is 16.6. The van der Waals surface area contributed by atoms with E-state index in [4.69, 9.17) is 9.47 Å². The molecule has 1 amide bonds. The van der Waals surface area contributed by atoms with Gasteiger partial charge in [-0.15, -0.1) is 5.10 Å². The number of alkyl halides is 3. The van der Waals surface area contributed by atoms with Crippen LogP contribution in [0, 0.1) is 5.82 Å². The Morgan fingerprint density at radius 3 is 2.26 bits per heavy atom. The summed E-state index contributed by atoms with van der Waals surface area (Å²) in [4.78, 5) is 13.7. The highest BCUT2D eigenvalue weighted by molar-refractivity contribution is 5.93. The lowest BCUT2D eigenvalue weighted by atomic mass is 10.2. The third-order valence-corrected chi connectivity index (χ3v) is 4.31. The average Bonchev–Trinajstić information content (AvgIpc) is 3.20. The van der Waals surface area contributed by atoms with Crippen molar-refractivity contribution in [2.75, 3.05) is 27.3 Å². The molecule has 3 aromatic rings. The minimum atomic E-state index is -4.91. The molecule has 1 heterocycles. The number of methoxy groups -OCH3 is 1. The van der Waals surface area contributed by atoms with E-state index >= 15 is 0 Å². The first-order chi connectivity index (χ1) is 14.7. The van der Waals surface area contributed by atoms with E-state index in [1.54, 1.807) is 24.3 Å². The molecule has 164 valence electrons. The van der Waals surface area contributed by atoms with E-state index in [-0.39, 0.29) is 18.8 Å². The first kappa shape index (κ1) is 22.1. The molecule has 2 aromatic carbocycles. The normalized spacial score (nSPS) is 11.3. The van der Waals surface area contributed by atoms with Gasteiger partial charge < -0.3 is 14.4 Å². The highest BCUT2D eigenvalue weighted by atomic mass is 19.4. The average molecular weight is 438 g/mol. The van der Waals surface area contributed by atoms with Gasteiger partial charge in [0.25, 0.3) is 5.91 Å². The lowest BCUT2D eigenvalue weighted by Gasteiger charge is -2.18. The summed E-state index contributed by atoms with van der Waals surface area (Å²) in [6, 6.07) is 10.9. The highest BCUT2D eigenvalue weighted by Crippen LogP contribution is 2.33. The zero-order chi connectivity index (χ0) is 22.6. The molecule has 0 atom stereocenters. The third-order valence-electron chi connectivity index (χ3n) is 4.31. The predicted octanol–water partition coefficient (Wildman–Crippen LogP) is 3.58. The van der Waals surface area contributed by atoms with Gasteiger partial charge in [0.15, 0.2) is 11.4 Å². The van der Waals surface area contributed by atoms with E-state index < -0.39 is 29.3 Å². The number of halogens is 4. The van der Waals surface area contributed by atoms with Gasteiger partial charge in [-0.05, 0) is 48.5 Å². The number of amides is 1. The standard InChI is InChI=1S/C20H18F4N4O3/c1-27(11-12-31-16-9-7-15(30-2)8-10-16)19(29)17-18(20(22,23)24)28(26-25-17)14-5-3-13(21)4-6-14/h3-10H,11-12H2,1-2H3. The molecule has 0 radical (unpaired) electrons. The predicted molar refractivity (Wildman–Crippen MR) is 102 cm³/mol. The van der Waals surface area contributed by atoms with Gasteiger partial charge >= 0.3 is 6.18 Å². The lowest BCUT2D eigenvalue weighted by Crippen LogP contribution is -2.33. The maximum Gasteiger partial charge on any atom is 0.435 e. The van der Waals surface area contributed by atoms with Crippen LogP contribution in [0.1, 0.15) is 16.2 Å². The van der Waals surface area contributed by atoms with Crippen molar-refractivity contribution in [1.29, 1.82) is 0 Å². The Bertz CT molecular complexity index is 1030. The van der Waals surface area contributed by atoms with E-state index in [2.05, 4.69) is 10.3 Å². The Morgan fingerprint density at radius 1 is 1.06 bits per heavy atom. The van der Waals surface area contributed by atoms with Crippen molar-refractivity contribution in [3.8, 4) is 17.2 Å². The Hall–Kier alpha value is -3.63. The van der Waals surface area contributed by atoms with Crippen molar-refractivity contribution in [2.24, 2.45) is 0 Å². The van der Waals surface area contributed by atoms with Gasteiger partial charge in [-0.1, -0.05) is 5.21 Å². The molecule has 0 unspecified atom stereocenters. The van der Waals surface area contributed by atoms with Gasteiger partial charge in [0.2, 0.25) is 0 Å². The molecule has 0 aliphatic heterocycles. The molecule has 0 aliphatic carbocycles. The van der Waals surface area contributed by atoms with Crippen LogP contribution < -0.4 is 9.47 Å². The summed E-state index contributed by atoms with van der Waals surface area (Å²) in [6.45, 7) is 0.0492. The number of likely N-dealkylation sites (N-methyl/N-ethyl adjacent to an activating group) is 1. The number of aromatic nitrogens is 3. The molecule has 0 N–H and O–H groups in total. The summed E-state index contributed by atoms with van der Waals surface area (Å²) in [6.07, 6.45) is -4.91. The number of carbonyl (C=O) groups excluding carboxylic acids is 1. The van der Waals surface area contributed by atoms with Gasteiger partial charge in [-0.25, -0.2) is 9.07 Å². The quantitative estimate of drug-likeness (QED) is 0.528. The second-order valence-electron chi connectivity index (χ2n) is 6.42. The van der Waals surface area contributed by atoms with Gasteiger partial charge in [-0.3, -0.25) is 4.79 Å². The van der Waals surface area contributed by atoms with Crippen molar-refractivity contribution in [3.05, 3.63) is 65.7 Å². The Balaban J connectivity index is 1.74.